The Hall–Kier alpha value is -1.45. The molecule has 1 fully saturated rings. The third-order valence-electron chi connectivity index (χ3n) is 4.09. The predicted octanol–water partition coefficient (Wildman–Crippen LogP) is 1.62. The number of carbonyl (C=O) groups excluding carboxylic acids is 2. The number of nitrogens with zero attached hydrogens (tertiary/aromatic N) is 1. The Bertz CT molecular complexity index is 744. The zero-order valence-corrected chi connectivity index (χ0v) is 16.2. The third-order valence-corrected chi connectivity index (χ3v) is 5.70. The fraction of sp³-hybridized carbons (Fsp3) is 0.500. The molecule has 0 unspecified atom stereocenters. The number of halogens is 1. The topological polar surface area (TPSA) is 110 Å². The number of hydrogen-bond donors (Lipinski definition) is 2. The van der Waals surface area contributed by atoms with Gasteiger partial charge >= 0.3 is 0 Å². The van der Waals surface area contributed by atoms with E-state index in [1.54, 1.807) is 0 Å². The molecule has 0 radical (unpaired) electrons. The van der Waals surface area contributed by atoms with Crippen LogP contribution in [0.3, 0.4) is 0 Å². The fourth-order valence-electron chi connectivity index (χ4n) is 2.71. The Morgan fingerprint density at radius 1 is 1.16 bits per heavy atom. The van der Waals surface area contributed by atoms with Gasteiger partial charge in [0.05, 0.1) is 10.5 Å². The lowest BCUT2D eigenvalue weighted by molar-refractivity contribution is -0.131. The molecule has 0 aliphatic carbocycles. The summed E-state index contributed by atoms with van der Waals surface area (Å²) in [5.41, 5.74) is 0.161. The first-order valence-corrected chi connectivity index (χ1v) is 10.5. The van der Waals surface area contributed by atoms with Crippen LogP contribution in [-0.4, -0.2) is 44.8 Å². The Morgan fingerprint density at radius 2 is 1.80 bits per heavy atom. The van der Waals surface area contributed by atoms with Crippen molar-refractivity contribution in [2.75, 3.05) is 19.6 Å². The number of primary sulfonamides is 1. The highest BCUT2D eigenvalue weighted by atomic mass is 79.9. The van der Waals surface area contributed by atoms with Gasteiger partial charge in [0.25, 0.3) is 5.91 Å². The molecule has 0 spiro atoms. The first kappa shape index (κ1) is 19.9. The first-order valence-electron chi connectivity index (χ1n) is 8.17. The number of sulfonamides is 1. The van der Waals surface area contributed by atoms with Crippen LogP contribution < -0.4 is 10.5 Å². The number of likely N-dealkylation sites (tertiary alicyclic amines) is 1. The Balaban J connectivity index is 1.93. The van der Waals surface area contributed by atoms with Gasteiger partial charge in [0.15, 0.2) is 0 Å². The van der Waals surface area contributed by atoms with Gasteiger partial charge in [-0.05, 0) is 47.0 Å². The lowest BCUT2D eigenvalue weighted by atomic mass is 10.2. The summed E-state index contributed by atoms with van der Waals surface area (Å²) in [6.45, 7) is 1.74. The SMILES string of the molecule is NS(=O)(=O)c1ccc(Br)c(C(=O)NCCC(=O)N2CCCCCC2)c1. The highest BCUT2D eigenvalue weighted by Gasteiger charge is 2.18. The molecule has 7 nitrogen and oxygen atoms in total. The fourth-order valence-corrected chi connectivity index (χ4v) is 3.68. The average Bonchev–Trinajstić information content (AvgIpc) is 2.83. The molecule has 1 aromatic rings. The van der Waals surface area contributed by atoms with Gasteiger partial charge in [0, 0.05) is 30.5 Å². The lowest BCUT2D eigenvalue weighted by Gasteiger charge is -2.20. The third kappa shape index (κ3) is 5.79. The minimum atomic E-state index is -3.89. The Morgan fingerprint density at radius 3 is 2.40 bits per heavy atom. The van der Waals surface area contributed by atoms with E-state index in [0.717, 1.165) is 38.8 Å². The van der Waals surface area contributed by atoms with Crippen LogP contribution in [0.25, 0.3) is 0 Å². The van der Waals surface area contributed by atoms with Gasteiger partial charge in [-0.1, -0.05) is 12.8 Å². The minimum Gasteiger partial charge on any atom is -0.351 e. The quantitative estimate of drug-likeness (QED) is 0.737. The summed E-state index contributed by atoms with van der Waals surface area (Å²) in [6.07, 6.45) is 4.55. The maximum Gasteiger partial charge on any atom is 0.252 e. The van der Waals surface area contributed by atoms with E-state index in [0.29, 0.717) is 4.47 Å². The van der Waals surface area contributed by atoms with E-state index >= 15 is 0 Å². The van der Waals surface area contributed by atoms with Gasteiger partial charge in [-0.25, -0.2) is 13.6 Å². The summed E-state index contributed by atoms with van der Waals surface area (Å²) in [6, 6.07) is 3.99. The molecule has 0 bridgehead atoms. The summed E-state index contributed by atoms with van der Waals surface area (Å²) < 4.78 is 23.3. The van der Waals surface area contributed by atoms with Gasteiger partial charge in [-0.3, -0.25) is 9.59 Å². The molecule has 1 heterocycles. The highest BCUT2D eigenvalue weighted by molar-refractivity contribution is 9.10. The molecule has 3 N–H and O–H groups in total. The van der Waals surface area contributed by atoms with E-state index in [4.69, 9.17) is 5.14 Å². The van der Waals surface area contributed by atoms with Crippen LogP contribution in [0.15, 0.2) is 27.6 Å². The summed E-state index contributed by atoms with van der Waals surface area (Å²) in [5, 5.41) is 7.74. The highest BCUT2D eigenvalue weighted by Crippen LogP contribution is 2.20. The molecular weight excluding hydrogens is 410 g/mol. The van der Waals surface area contributed by atoms with Crippen LogP contribution in [0.4, 0.5) is 0 Å². The number of rotatable bonds is 5. The molecule has 0 saturated carbocycles. The average molecular weight is 432 g/mol. The van der Waals surface area contributed by atoms with Crippen LogP contribution in [0.5, 0.6) is 0 Å². The lowest BCUT2D eigenvalue weighted by Crippen LogP contribution is -2.35. The van der Waals surface area contributed by atoms with Crippen molar-refractivity contribution in [2.45, 2.75) is 37.0 Å². The summed E-state index contributed by atoms with van der Waals surface area (Å²) >= 11 is 3.22. The van der Waals surface area contributed by atoms with Crippen molar-refractivity contribution in [3.05, 3.63) is 28.2 Å². The largest absolute Gasteiger partial charge is 0.351 e. The smallest absolute Gasteiger partial charge is 0.252 e. The van der Waals surface area contributed by atoms with E-state index in [1.165, 1.54) is 18.2 Å². The van der Waals surface area contributed by atoms with E-state index in [2.05, 4.69) is 21.2 Å². The van der Waals surface area contributed by atoms with E-state index in [-0.39, 0.29) is 29.3 Å². The monoisotopic (exact) mass is 431 g/mol. The number of nitrogens with one attached hydrogen (secondary N) is 1. The molecule has 2 amide bonds. The second-order valence-corrected chi connectivity index (χ2v) is 8.40. The number of amides is 2. The van der Waals surface area contributed by atoms with Crippen molar-refractivity contribution in [3.8, 4) is 0 Å². The van der Waals surface area contributed by atoms with Crippen molar-refractivity contribution < 1.29 is 18.0 Å². The molecule has 1 aliphatic heterocycles. The maximum atomic E-state index is 12.3. The summed E-state index contributed by atoms with van der Waals surface area (Å²) in [4.78, 5) is 26.2. The van der Waals surface area contributed by atoms with Crippen molar-refractivity contribution in [2.24, 2.45) is 5.14 Å². The van der Waals surface area contributed by atoms with Crippen LogP contribution in [0, 0.1) is 0 Å². The Labute approximate surface area is 156 Å². The van der Waals surface area contributed by atoms with E-state index in [9.17, 15) is 18.0 Å². The number of hydrogen-bond acceptors (Lipinski definition) is 4. The summed E-state index contributed by atoms with van der Waals surface area (Å²) in [7, 11) is -3.89. The molecule has 0 aromatic heterocycles. The second-order valence-electron chi connectivity index (χ2n) is 5.99. The molecule has 0 atom stereocenters. The maximum absolute atomic E-state index is 12.3. The molecule has 25 heavy (non-hydrogen) atoms. The minimum absolute atomic E-state index is 0.0274. The number of carbonyl (C=O) groups is 2. The number of benzene rings is 1. The van der Waals surface area contributed by atoms with Crippen LogP contribution in [0.2, 0.25) is 0 Å². The van der Waals surface area contributed by atoms with Crippen molar-refractivity contribution >= 4 is 37.8 Å². The molecular formula is C16H22BrN3O4S. The van der Waals surface area contributed by atoms with Crippen LogP contribution in [0.1, 0.15) is 42.5 Å². The van der Waals surface area contributed by atoms with Gasteiger partial charge in [-0.15, -0.1) is 0 Å². The van der Waals surface area contributed by atoms with Gasteiger partial charge < -0.3 is 10.2 Å². The van der Waals surface area contributed by atoms with Gasteiger partial charge in [0.1, 0.15) is 0 Å². The summed E-state index contributed by atoms with van der Waals surface area (Å²) in [5.74, 6) is -0.430. The van der Waals surface area contributed by atoms with Crippen molar-refractivity contribution in [3.63, 3.8) is 0 Å². The van der Waals surface area contributed by atoms with E-state index < -0.39 is 15.9 Å². The zero-order chi connectivity index (χ0) is 18.4. The molecule has 2 rings (SSSR count). The zero-order valence-electron chi connectivity index (χ0n) is 13.8. The molecule has 9 heteroatoms. The normalized spacial score (nSPS) is 15.5. The van der Waals surface area contributed by atoms with Gasteiger partial charge in [0.2, 0.25) is 15.9 Å². The van der Waals surface area contributed by atoms with Crippen molar-refractivity contribution in [1.29, 1.82) is 0 Å². The number of nitrogens with two attached hydrogens (primary N) is 1. The molecule has 1 aromatic carbocycles. The standard InChI is InChI=1S/C16H22BrN3O4S/c17-14-6-5-12(25(18,23)24)11-13(14)16(22)19-8-7-15(21)20-9-3-1-2-4-10-20/h5-6,11H,1-4,7-10H2,(H,19,22)(H2,18,23,24). The molecule has 138 valence electrons. The Kier molecular flexibility index (Phi) is 6.97. The van der Waals surface area contributed by atoms with Gasteiger partial charge in [-0.2, -0.15) is 0 Å². The molecule has 1 aliphatic rings. The van der Waals surface area contributed by atoms with Crippen LogP contribution >= 0.6 is 15.9 Å². The van der Waals surface area contributed by atoms with Crippen LogP contribution in [-0.2, 0) is 14.8 Å². The molecule has 1 saturated heterocycles. The second kappa shape index (κ2) is 8.77. The van der Waals surface area contributed by atoms with E-state index in [1.807, 2.05) is 4.90 Å². The van der Waals surface area contributed by atoms with Crippen molar-refractivity contribution in [1.82, 2.24) is 10.2 Å². The first-order chi connectivity index (χ1) is 11.8. The predicted molar refractivity (Wildman–Crippen MR) is 97.5 cm³/mol.